The van der Waals surface area contributed by atoms with Crippen LogP contribution in [0, 0.1) is 23.7 Å². The predicted octanol–water partition coefficient (Wildman–Crippen LogP) is 2.49. The number of hydrogen-bond donors (Lipinski definition) is 2. The molecule has 4 heteroatoms. The molecule has 0 spiro atoms. The third-order valence-electron chi connectivity index (χ3n) is 4.57. The number of aliphatic hydroxyl groups is 1. The number of carboxylic acids is 1. The Morgan fingerprint density at radius 2 is 1.89 bits per heavy atom. The van der Waals surface area contributed by atoms with Crippen LogP contribution in [-0.2, 0) is 9.59 Å². The number of rotatable bonds is 5. The van der Waals surface area contributed by atoms with Gasteiger partial charge in [-0.1, -0.05) is 27.2 Å². The topological polar surface area (TPSA) is 74.6 Å². The molecule has 1 fully saturated rings. The number of carbonyl (C=O) groups excluding carboxylic acids is 1. The minimum atomic E-state index is -2.25. The Hall–Kier alpha value is -0.900. The molecule has 1 aliphatic carbocycles. The van der Waals surface area contributed by atoms with E-state index in [4.69, 9.17) is 5.11 Å². The molecule has 2 N–H and O–H groups in total. The molecule has 0 radical (unpaired) electrons. The molecule has 4 nitrogen and oxygen atoms in total. The first kappa shape index (κ1) is 16.2. The van der Waals surface area contributed by atoms with Crippen LogP contribution in [-0.4, -0.2) is 27.6 Å². The molecule has 19 heavy (non-hydrogen) atoms. The Labute approximate surface area is 115 Å². The SMILES string of the molecule is CC1CCC(C(C)C)C(CC(=O)C(C)(O)C(=O)O)C1. The van der Waals surface area contributed by atoms with Gasteiger partial charge in [-0.15, -0.1) is 0 Å². The van der Waals surface area contributed by atoms with E-state index in [0.717, 1.165) is 19.8 Å². The Bertz CT molecular complexity index is 346. The molecule has 0 aliphatic heterocycles. The lowest BCUT2D eigenvalue weighted by molar-refractivity contribution is -0.164. The van der Waals surface area contributed by atoms with Crippen LogP contribution in [0.5, 0.6) is 0 Å². The van der Waals surface area contributed by atoms with Crippen LogP contribution >= 0.6 is 0 Å². The standard InChI is InChI=1S/C15H26O4/c1-9(2)12-6-5-10(3)7-11(12)8-13(16)15(4,19)14(17)18/h9-12,19H,5-8H2,1-4H3,(H,17,18). The molecule has 0 aromatic heterocycles. The molecule has 0 amide bonds. The molecular formula is C15H26O4. The fourth-order valence-electron chi connectivity index (χ4n) is 3.19. The van der Waals surface area contributed by atoms with Gasteiger partial charge in [0.15, 0.2) is 5.78 Å². The van der Waals surface area contributed by atoms with Crippen molar-refractivity contribution in [1.29, 1.82) is 0 Å². The number of Topliss-reactive ketones (excluding diaryl/α,β-unsaturated/α-hetero) is 1. The molecule has 0 aromatic carbocycles. The van der Waals surface area contributed by atoms with Crippen molar-refractivity contribution in [2.75, 3.05) is 0 Å². The monoisotopic (exact) mass is 270 g/mol. The predicted molar refractivity (Wildman–Crippen MR) is 72.7 cm³/mol. The first-order valence-corrected chi connectivity index (χ1v) is 7.15. The normalized spacial score (nSPS) is 30.9. The van der Waals surface area contributed by atoms with Gasteiger partial charge >= 0.3 is 5.97 Å². The van der Waals surface area contributed by atoms with E-state index in [2.05, 4.69) is 20.8 Å². The zero-order valence-corrected chi connectivity index (χ0v) is 12.3. The molecule has 0 heterocycles. The first-order chi connectivity index (χ1) is 8.66. The molecule has 1 rings (SSSR count). The highest BCUT2D eigenvalue weighted by atomic mass is 16.4. The Morgan fingerprint density at radius 1 is 1.32 bits per heavy atom. The molecular weight excluding hydrogens is 244 g/mol. The molecule has 1 saturated carbocycles. The van der Waals surface area contributed by atoms with Crippen LogP contribution in [0.4, 0.5) is 0 Å². The van der Waals surface area contributed by atoms with Crippen LogP contribution in [0.25, 0.3) is 0 Å². The van der Waals surface area contributed by atoms with Crippen LogP contribution in [0.1, 0.15) is 53.4 Å². The molecule has 1 aliphatic rings. The fourth-order valence-corrected chi connectivity index (χ4v) is 3.19. The zero-order valence-electron chi connectivity index (χ0n) is 12.3. The van der Waals surface area contributed by atoms with Crippen molar-refractivity contribution in [3.8, 4) is 0 Å². The minimum absolute atomic E-state index is 0.173. The molecule has 0 aromatic rings. The largest absolute Gasteiger partial charge is 0.479 e. The zero-order chi connectivity index (χ0) is 14.8. The summed E-state index contributed by atoms with van der Waals surface area (Å²) in [5, 5.41) is 18.6. The molecule has 0 saturated heterocycles. The van der Waals surface area contributed by atoms with Gasteiger partial charge in [0, 0.05) is 6.42 Å². The van der Waals surface area contributed by atoms with Gasteiger partial charge in [-0.3, -0.25) is 4.79 Å². The molecule has 110 valence electrons. The van der Waals surface area contributed by atoms with E-state index in [0.29, 0.717) is 17.8 Å². The maximum absolute atomic E-state index is 12.0. The minimum Gasteiger partial charge on any atom is -0.479 e. The lowest BCUT2D eigenvalue weighted by Gasteiger charge is -2.37. The van der Waals surface area contributed by atoms with E-state index in [1.807, 2.05) is 0 Å². The summed E-state index contributed by atoms with van der Waals surface area (Å²) >= 11 is 0. The summed E-state index contributed by atoms with van der Waals surface area (Å²) in [4.78, 5) is 22.9. The summed E-state index contributed by atoms with van der Waals surface area (Å²) in [5.74, 6) is -0.318. The van der Waals surface area contributed by atoms with Crippen molar-refractivity contribution >= 4 is 11.8 Å². The van der Waals surface area contributed by atoms with Crippen molar-refractivity contribution in [1.82, 2.24) is 0 Å². The van der Waals surface area contributed by atoms with E-state index >= 15 is 0 Å². The van der Waals surface area contributed by atoms with Gasteiger partial charge in [-0.05, 0) is 43.4 Å². The van der Waals surface area contributed by atoms with Gasteiger partial charge in [-0.25, -0.2) is 4.79 Å². The quantitative estimate of drug-likeness (QED) is 0.753. The van der Waals surface area contributed by atoms with Crippen molar-refractivity contribution in [3.05, 3.63) is 0 Å². The van der Waals surface area contributed by atoms with Crippen LogP contribution in [0.15, 0.2) is 0 Å². The summed E-state index contributed by atoms with van der Waals surface area (Å²) in [7, 11) is 0. The molecule has 4 unspecified atom stereocenters. The Balaban J connectivity index is 2.77. The lowest BCUT2D eigenvalue weighted by Crippen LogP contribution is -2.45. The number of carbonyl (C=O) groups is 2. The van der Waals surface area contributed by atoms with E-state index in [-0.39, 0.29) is 12.3 Å². The van der Waals surface area contributed by atoms with E-state index < -0.39 is 17.4 Å². The average molecular weight is 270 g/mol. The maximum atomic E-state index is 12.0. The third-order valence-corrected chi connectivity index (χ3v) is 4.57. The van der Waals surface area contributed by atoms with Crippen molar-refractivity contribution in [3.63, 3.8) is 0 Å². The highest BCUT2D eigenvalue weighted by Crippen LogP contribution is 2.40. The second kappa shape index (κ2) is 6.04. The number of aliphatic carboxylic acids is 1. The highest BCUT2D eigenvalue weighted by molar-refractivity contribution is 6.05. The van der Waals surface area contributed by atoms with E-state index in [9.17, 15) is 14.7 Å². The van der Waals surface area contributed by atoms with Gasteiger partial charge in [0.2, 0.25) is 5.60 Å². The van der Waals surface area contributed by atoms with Gasteiger partial charge in [-0.2, -0.15) is 0 Å². The summed E-state index contributed by atoms with van der Waals surface area (Å²) < 4.78 is 0. The average Bonchev–Trinajstić information content (AvgIpc) is 2.28. The molecule has 4 atom stereocenters. The second-order valence-electron chi connectivity index (χ2n) is 6.59. The fraction of sp³-hybridized carbons (Fsp3) is 0.867. The summed E-state index contributed by atoms with van der Waals surface area (Å²) in [6.07, 6.45) is 3.38. The molecule has 0 bridgehead atoms. The first-order valence-electron chi connectivity index (χ1n) is 7.15. The van der Waals surface area contributed by atoms with E-state index in [1.54, 1.807) is 0 Å². The highest BCUT2D eigenvalue weighted by Gasteiger charge is 2.41. The number of hydrogen-bond acceptors (Lipinski definition) is 3. The van der Waals surface area contributed by atoms with Crippen molar-refractivity contribution in [2.45, 2.75) is 59.0 Å². The number of ketones is 1. The maximum Gasteiger partial charge on any atom is 0.343 e. The van der Waals surface area contributed by atoms with Crippen LogP contribution < -0.4 is 0 Å². The summed E-state index contributed by atoms with van der Waals surface area (Å²) in [6.45, 7) is 7.54. The Morgan fingerprint density at radius 3 is 2.37 bits per heavy atom. The van der Waals surface area contributed by atoms with Crippen molar-refractivity contribution < 1.29 is 19.8 Å². The van der Waals surface area contributed by atoms with Crippen LogP contribution in [0.2, 0.25) is 0 Å². The Kier molecular flexibility index (Phi) is 5.13. The van der Waals surface area contributed by atoms with Crippen molar-refractivity contribution in [2.24, 2.45) is 23.7 Å². The number of carboxylic acid groups (broad SMARTS) is 1. The van der Waals surface area contributed by atoms with Gasteiger partial charge in [0.05, 0.1) is 0 Å². The van der Waals surface area contributed by atoms with Gasteiger partial charge < -0.3 is 10.2 Å². The summed E-state index contributed by atoms with van der Waals surface area (Å²) in [6, 6.07) is 0. The van der Waals surface area contributed by atoms with E-state index in [1.165, 1.54) is 6.42 Å². The van der Waals surface area contributed by atoms with Gasteiger partial charge in [0.1, 0.15) is 0 Å². The smallest absolute Gasteiger partial charge is 0.343 e. The summed E-state index contributed by atoms with van der Waals surface area (Å²) in [5.41, 5.74) is -2.25. The lowest BCUT2D eigenvalue weighted by atomic mass is 9.68. The second-order valence-corrected chi connectivity index (χ2v) is 6.59. The van der Waals surface area contributed by atoms with Crippen LogP contribution in [0.3, 0.4) is 0 Å². The third kappa shape index (κ3) is 3.78. The van der Waals surface area contributed by atoms with Gasteiger partial charge in [0.25, 0.3) is 0 Å².